The Morgan fingerprint density at radius 3 is 2.18 bits per heavy atom. The SMILES string of the molecule is CCC(=O)Nc1ccc(Cl)c(NC(=O)c2ccc(S(=O)(=O)N3CCN(C(C)=O)CC3)cc2)c1. The fourth-order valence-corrected chi connectivity index (χ4v) is 4.90. The van der Waals surface area contributed by atoms with E-state index in [1.165, 1.54) is 35.5 Å². The molecule has 0 aliphatic carbocycles. The maximum absolute atomic E-state index is 12.9. The minimum atomic E-state index is -3.74. The fourth-order valence-electron chi connectivity index (χ4n) is 3.31. The molecular weight excluding hydrogens is 468 g/mol. The molecule has 0 bridgehead atoms. The second-order valence-corrected chi connectivity index (χ2v) is 9.83. The number of nitrogens with zero attached hydrogens (tertiary/aromatic N) is 2. The Balaban J connectivity index is 1.70. The quantitative estimate of drug-likeness (QED) is 0.643. The Hall–Kier alpha value is -2.95. The van der Waals surface area contributed by atoms with E-state index in [1.807, 2.05) is 0 Å². The van der Waals surface area contributed by atoms with Crippen LogP contribution in [-0.4, -0.2) is 61.5 Å². The van der Waals surface area contributed by atoms with Crippen LogP contribution in [-0.2, 0) is 19.6 Å². The van der Waals surface area contributed by atoms with Gasteiger partial charge in [-0.3, -0.25) is 14.4 Å². The number of rotatable bonds is 6. The zero-order chi connectivity index (χ0) is 24.2. The van der Waals surface area contributed by atoms with E-state index >= 15 is 0 Å². The van der Waals surface area contributed by atoms with E-state index in [2.05, 4.69) is 10.6 Å². The molecule has 3 amide bonds. The van der Waals surface area contributed by atoms with Crippen molar-refractivity contribution in [2.24, 2.45) is 0 Å². The normalized spacial score (nSPS) is 14.6. The summed E-state index contributed by atoms with van der Waals surface area (Å²) in [6.07, 6.45) is 0.311. The summed E-state index contributed by atoms with van der Waals surface area (Å²) in [6, 6.07) is 10.3. The molecule has 2 aromatic carbocycles. The molecule has 9 nitrogen and oxygen atoms in total. The number of benzene rings is 2. The molecule has 11 heteroatoms. The number of halogens is 1. The van der Waals surface area contributed by atoms with E-state index in [1.54, 1.807) is 30.0 Å². The molecule has 176 valence electrons. The molecule has 3 rings (SSSR count). The third-order valence-corrected chi connectivity index (χ3v) is 7.50. The number of anilines is 2. The first-order valence-electron chi connectivity index (χ1n) is 10.4. The summed E-state index contributed by atoms with van der Waals surface area (Å²) in [4.78, 5) is 37.4. The summed E-state index contributed by atoms with van der Waals surface area (Å²) in [5.74, 6) is -0.732. The van der Waals surface area contributed by atoms with E-state index in [0.717, 1.165) is 0 Å². The van der Waals surface area contributed by atoms with Gasteiger partial charge in [0.15, 0.2) is 0 Å². The Morgan fingerprint density at radius 1 is 0.970 bits per heavy atom. The number of sulfonamides is 1. The van der Waals surface area contributed by atoms with Crippen molar-refractivity contribution in [2.45, 2.75) is 25.2 Å². The van der Waals surface area contributed by atoms with Gasteiger partial charge in [-0.15, -0.1) is 0 Å². The highest BCUT2D eigenvalue weighted by Crippen LogP contribution is 2.26. The van der Waals surface area contributed by atoms with Crippen molar-refractivity contribution in [3.8, 4) is 0 Å². The van der Waals surface area contributed by atoms with Crippen molar-refractivity contribution in [1.82, 2.24) is 9.21 Å². The number of piperazine rings is 1. The number of nitrogens with one attached hydrogen (secondary N) is 2. The molecule has 0 radical (unpaired) electrons. The van der Waals surface area contributed by atoms with Gasteiger partial charge in [-0.05, 0) is 42.5 Å². The summed E-state index contributed by atoms with van der Waals surface area (Å²) in [6.45, 7) is 4.30. The third kappa shape index (κ3) is 5.89. The Kier molecular flexibility index (Phi) is 7.72. The second kappa shape index (κ2) is 10.3. The van der Waals surface area contributed by atoms with E-state index in [9.17, 15) is 22.8 Å². The number of amides is 3. The minimum absolute atomic E-state index is 0.0673. The van der Waals surface area contributed by atoms with Gasteiger partial charge in [0.2, 0.25) is 21.8 Å². The number of carbonyl (C=O) groups excluding carboxylic acids is 3. The van der Waals surface area contributed by atoms with Crippen LogP contribution in [0.5, 0.6) is 0 Å². The van der Waals surface area contributed by atoms with Crippen molar-refractivity contribution in [3.63, 3.8) is 0 Å². The minimum Gasteiger partial charge on any atom is -0.340 e. The molecule has 0 aromatic heterocycles. The average molecular weight is 493 g/mol. The average Bonchev–Trinajstić information content (AvgIpc) is 2.81. The lowest BCUT2D eigenvalue weighted by Crippen LogP contribution is -2.49. The molecule has 0 unspecified atom stereocenters. The Bertz CT molecular complexity index is 1160. The van der Waals surface area contributed by atoms with Gasteiger partial charge in [-0.1, -0.05) is 18.5 Å². The maximum Gasteiger partial charge on any atom is 0.255 e. The standard InChI is InChI=1S/C22H25ClN4O5S/c1-3-21(29)24-17-6-9-19(23)20(14-17)25-22(30)16-4-7-18(8-5-16)33(31,32)27-12-10-26(11-13-27)15(2)28/h4-9,14H,3,10-13H2,1-2H3,(H,24,29)(H,25,30). The predicted octanol–water partition coefficient (Wildman–Crippen LogP) is 2.79. The zero-order valence-electron chi connectivity index (χ0n) is 18.3. The fraction of sp³-hybridized carbons (Fsp3) is 0.318. The lowest BCUT2D eigenvalue weighted by Gasteiger charge is -2.33. The molecule has 1 aliphatic rings. The van der Waals surface area contributed by atoms with Gasteiger partial charge in [0.25, 0.3) is 5.91 Å². The summed E-state index contributed by atoms with van der Waals surface area (Å²) in [7, 11) is -3.74. The predicted molar refractivity (Wildman–Crippen MR) is 126 cm³/mol. The molecule has 33 heavy (non-hydrogen) atoms. The number of carbonyl (C=O) groups is 3. The number of hydrogen-bond donors (Lipinski definition) is 2. The largest absolute Gasteiger partial charge is 0.340 e. The van der Waals surface area contributed by atoms with Gasteiger partial charge >= 0.3 is 0 Å². The van der Waals surface area contributed by atoms with Crippen LogP contribution in [0.4, 0.5) is 11.4 Å². The first-order valence-corrected chi connectivity index (χ1v) is 12.2. The molecule has 0 atom stereocenters. The van der Waals surface area contributed by atoms with Gasteiger partial charge < -0.3 is 15.5 Å². The molecule has 0 saturated carbocycles. The smallest absolute Gasteiger partial charge is 0.255 e. The van der Waals surface area contributed by atoms with Crippen LogP contribution in [0.25, 0.3) is 0 Å². The summed E-state index contributed by atoms with van der Waals surface area (Å²) in [5.41, 5.74) is 1.05. The zero-order valence-corrected chi connectivity index (χ0v) is 19.9. The van der Waals surface area contributed by atoms with Crippen LogP contribution in [0.3, 0.4) is 0 Å². The van der Waals surface area contributed by atoms with E-state index in [-0.39, 0.29) is 35.4 Å². The van der Waals surface area contributed by atoms with Crippen LogP contribution >= 0.6 is 11.6 Å². The number of hydrogen-bond acceptors (Lipinski definition) is 5. The van der Waals surface area contributed by atoms with Crippen molar-refractivity contribution in [3.05, 3.63) is 53.1 Å². The Morgan fingerprint density at radius 2 is 1.61 bits per heavy atom. The monoisotopic (exact) mass is 492 g/mol. The summed E-state index contributed by atoms with van der Waals surface area (Å²) in [5, 5.41) is 5.66. The summed E-state index contributed by atoms with van der Waals surface area (Å²) < 4.78 is 27.1. The highest BCUT2D eigenvalue weighted by atomic mass is 35.5. The van der Waals surface area contributed by atoms with Crippen molar-refractivity contribution >= 4 is 50.7 Å². The van der Waals surface area contributed by atoms with Crippen LogP contribution < -0.4 is 10.6 Å². The van der Waals surface area contributed by atoms with Crippen LogP contribution in [0.2, 0.25) is 5.02 Å². The molecule has 1 fully saturated rings. The van der Waals surface area contributed by atoms with Crippen molar-refractivity contribution < 1.29 is 22.8 Å². The van der Waals surface area contributed by atoms with Crippen LogP contribution in [0.15, 0.2) is 47.4 Å². The van der Waals surface area contributed by atoms with Gasteiger partial charge in [0, 0.05) is 50.8 Å². The van der Waals surface area contributed by atoms with Crippen LogP contribution in [0, 0.1) is 0 Å². The van der Waals surface area contributed by atoms with Gasteiger partial charge in [-0.2, -0.15) is 4.31 Å². The second-order valence-electron chi connectivity index (χ2n) is 7.49. The van der Waals surface area contributed by atoms with E-state index in [4.69, 9.17) is 11.6 Å². The van der Waals surface area contributed by atoms with Crippen molar-refractivity contribution in [1.29, 1.82) is 0 Å². The van der Waals surface area contributed by atoms with Crippen LogP contribution in [0.1, 0.15) is 30.6 Å². The first-order chi connectivity index (χ1) is 15.6. The molecule has 1 heterocycles. The molecule has 0 spiro atoms. The first kappa shape index (κ1) is 24.7. The lowest BCUT2D eigenvalue weighted by molar-refractivity contribution is -0.130. The van der Waals surface area contributed by atoms with Gasteiger partial charge in [0.1, 0.15) is 0 Å². The maximum atomic E-state index is 12.9. The third-order valence-electron chi connectivity index (χ3n) is 5.26. The molecule has 1 saturated heterocycles. The molecule has 2 N–H and O–H groups in total. The highest BCUT2D eigenvalue weighted by molar-refractivity contribution is 7.89. The molecular formula is C22H25ClN4O5S. The highest BCUT2D eigenvalue weighted by Gasteiger charge is 2.29. The van der Waals surface area contributed by atoms with E-state index < -0.39 is 15.9 Å². The van der Waals surface area contributed by atoms with Gasteiger partial charge in [-0.25, -0.2) is 8.42 Å². The summed E-state index contributed by atoms with van der Waals surface area (Å²) >= 11 is 6.16. The topological polar surface area (TPSA) is 116 Å². The Labute approximate surface area is 197 Å². The van der Waals surface area contributed by atoms with Gasteiger partial charge in [0.05, 0.1) is 15.6 Å². The molecule has 1 aliphatic heterocycles. The molecule has 2 aromatic rings. The van der Waals surface area contributed by atoms with E-state index in [0.29, 0.717) is 35.9 Å². The van der Waals surface area contributed by atoms with Crippen molar-refractivity contribution in [2.75, 3.05) is 36.8 Å². The lowest BCUT2D eigenvalue weighted by atomic mass is 10.2.